The number of pyridine rings is 1. The topological polar surface area (TPSA) is 88.5 Å². The van der Waals surface area contributed by atoms with Gasteiger partial charge in [-0.1, -0.05) is 18.2 Å². The summed E-state index contributed by atoms with van der Waals surface area (Å²) in [5.74, 6) is -1.28. The molecule has 0 radical (unpaired) electrons. The van der Waals surface area contributed by atoms with Crippen molar-refractivity contribution in [2.24, 2.45) is 5.92 Å². The Labute approximate surface area is 212 Å². The average molecular weight is 497 g/mol. The van der Waals surface area contributed by atoms with Crippen LogP contribution in [0, 0.1) is 11.7 Å². The van der Waals surface area contributed by atoms with Crippen molar-refractivity contribution in [2.45, 2.75) is 89.2 Å². The van der Waals surface area contributed by atoms with Crippen LogP contribution in [0.25, 0.3) is 0 Å². The molecule has 0 bridgehead atoms. The Kier molecular flexibility index (Phi) is 8.39. The van der Waals surface area contributed by atoms with Crippen LogP contribution in [0.4, 0.5) is 4.39 Å². The quantitative estimate of drug-likeness (QED) is 0.468. The number of amides is 1. The van der Waals surface area contributed by atoms with Gasteiger partial charge in [-0.3, -0.25) is 9.78 Å². The van der Waals surface area contributed by atoms with Crippen LogP contribution in [0.15, 0.2) is 36.4 Å². The Bertz CT molecular complexity index is 1060. The zero-order chi connectivity index (χ0) is 25.7. The van der Waals surface area contributed by atoms with E-state index in [1.807, 2.05) is 0 Å². The smallest absolute Gasteiger partial charge is 0.326 e. The minimum absolute atomic E-state index is 0.146. The summed E-state index contributed by atoms with van der Waals surface area (Å²) in [5.41, 5.74) is 3.51. The van der Waals surface area contributed by atoms with E-state index in [0.717, 1.165) is 38.5 Å². The highest BCUT2D eigenvalue weighted by Gasteiger charge is 2.34. The first-order valence-electron chi connectivity index (χ1n) is 13.1. The molecule has 4 rings (SSSR count). The van der Waals surface area contributed by atoms with Gasteiger partial charge >= 0.3 is 5.97 Å². The number of nitrogens with one attached hydrogen (secondary N) is 1. The highest BCUT2D eigenvalue weighted by molar-refractivity contribution is 5.90. The van der Waals surface area contributed by atoms with Crippen molar-refractivity contribution in [3.05, 3.63) is 64.7 Å². The number of halogens is 1. The van der Waals surface area contributed by atoms with Crippen LogP contribution in [-0.2, 0) is 39.0 Å². The summed E-state index contributed by atoms with van der Waals surface area (Å²) in [6.07, 6.45) is 9.15. The number of aromatic nitrogens is 1. The molecule has 0 spiro atoms. The predicted molar refractivity (Wildman–Crippen MR) is 135 cm³/mol. The third kappa shape index (κ3) is 6.49. The Morgan fingerprint density at radius 1 is 1.14 bits per heavy atom. The number of carbonyl (C=O) groups excluding carboxylic acids is 1. The molecule has 2 aromatic rings. The first kappa shape index (κ1) is 26.3. The lowest BCUT2D eigenvalue weighted by atomic mass is 9.79. The lowest BCUT2D eigenvalue weighted by Gasteiger charge is -2.35. The zero-order valence-corrected chi connectivity index (χ0v) is 21.3. The van der Waals surface area contributed by atoms with Crippen molar-refractivity contribution < 1.29 is 23.8 Å². The average Bonchev–Trinajstić information content (AvgIpc) is 2.84. The summed E-state index contributed by atoms with van der Waals surface area (Å²) in [4.78, 5) is 29.4. The third-order valence-corrected chi connectivity index (χ3v) is 7.73. The highest BCUT2D eigenvalue weighted by Crippen LogP contribution is 2.34. The van der Waals surface area contributed by atoms with Crippen molar-refractivity contribution >= 4 is 11.9 Å². The number of ether oxygens (including phenoxy) is 1. The molecule has 194 valence electrons. The molecule has 1 saturated carbocycles. The number of carboxylic acids is 1. The second-order valence-electron chi connectivity index (χ2n) is 10.8. The Morgan fingerprint density at radius 2 is 1.86 bits per heavy atom. The molecule has 2 N–H and O–H groups in total. The Morgan fingerprint density at radius 3 is 2.58 bits per heavy atom. The van der Waals surface area contributed by atoms with Crippen LogP contribution < -0.4 is 5.32 Å². The van der Waals surface area contributed by atoms with Crippen LogP contribution in [0.3, 0.4) is 0 Å². The molecule has 6 nitrogen and oxygen atoms in total. The third-order valence-electron chi connectivity index (χ3n) is 7.73. The monoisotopic (exact) mass is 496 g/mol. The molecule has 0 aliphatic heterocycles. The maximum Gasteiger partial charge on any atom is 0.326 e. The molecule has 1 aromatic heterocycles. The maximum absolute atomic E-state index is 13.2. The summed E-state index contributed by atoms with van der Waals surface area (Å²) < 4.78 is 19.1. The van der Waals surface area contributed by atoms with E-state index in [4.69, 9.17) is 9.72 Å². The first-order valence-corrected chi connectivity index (χ1v) is 13.1. The van der Waals surface area contributed by atoms with Gasteiger partial charge in [-0.05, 0) is 100 Å². The van der Waals surface area contributed by atoms with E-state index in [-0.39, 0.29) is 24.9 Å². The fraction of sp³-hybridized carbons (Fsp3) is 0.552. The number of fused-ring (bicyclic) bond motifs is 1. The molecular formula is C29H37FN2O4. The molecule has 1 amide bonds. The van der Waals surface area contributed by atoms with Crippen molar-refractivity contribution in [1.82, 2.24) is 10.3 Å². The van der Waals surface area contributed by atoms with Crippen molar-refractivity contribution in [1.29, 1.82) is 0 Å². The number of benzene rings is 1. The number of aliphatic carboxylic acids is 1. The molecule has 1 aromatic carbocycles. The largest absolute Gasteiger partial charge is 0.480 e. The van der Waals surface area contributed by atoms with Crippen LogP contribution in [0.2, 0.25) is 0 Å². The number of rotatable bonds is 11. The lowest BCUT2D eigenvalue weighted by molar-refractivity contribution is -0.143. The van der Waals surface area contributed by atoms with Crippen molar-refractivity contribution in [2.75, 3.05) is 6.61 Å². The van der Waals surface area contributed by atoms with E-state index in [0.29, 0.717) is 11.5 Å². The van der Waals surface area contributed by atoms with E-state index >= 15 is 0 Å². The van der Waals surface area contributed by atoms with E-state index in [1.54, 1.807) is 26.0 Å². The second kappa shape index (κ2) is 11.5. The summed E-state index contributed by atoms with van der Waals surface area (Å²) in [6, 6.07) is 9.06. The van der Waals surface area contributed by atoms with Gasteiger partial charge in [-0.25, -0.2) is 9.18 Å². The molecule has 2 aliphatic carbocycles. The van der Waals surface area contributed by atoms with E-state index < -0.39 is 23.3 Å². The van der Waals surface area contributed by atoms with Crippen LogP contribution in [0.1, 0.15) is 74.9 Å². The summed E-state index contributed by atoms with van der Waals surface area (Å²) in [7, 11) is 0. The van der Waals surface area contributed by atoms with Gasteiger partial charge in [0.05, 0.1) is 11.5 Å². The minimum atomic E-state index is -1.09. The van der Waals surface area contributed by atoms with Gasteiger partial charge in [0, 0.05) is 24.4 Å². The normalized spacial score (nSPS) is 20.2. The van der Waals surface area contributed by atoms with E-state index in [2.05, 4.69) is 17.4 Å². The number of hydrogen-bond acceptors (Lipinski definition) is 4. The van der Waals surface area contributed by atoms with Crippen LogP contribution >= 0.6 is 0 Å². The minimum Gasteiger partial charge on any atom is -0.480 e. The van der Waals surface area contributed by atoms with Gasteiger partial charge in [0.1, 0.15) is 11.9 Å². The van der Waals surface area contributed by atoms with Gasteiger partial charge in [0.2, 0.25) is 5.91 Å². The van der Waals surface area contributed by atoms with Crippen molar-refractivity contribution in [3.8, 4) is 0 Å². The van der Waals surface area contributed by atoms with Gasteiger partial charge in [-0.2, -0.15) is 0 Å². The molecule has 2 aliphatic rings. The van der Waals surface area contributed by atoms with E-state index in [1.165, 1.54) is 41.9 Å². The maximum atomic E-state index is 13.2. The van der Waals surface area contributed by atoms with Crippen LogP contribution in [-0.4, -0.2) is 40.7 Å². The fourth-order valence-corrected chi connectivity index (χ4v) is 5.11. The highest BCUT2D eigenvalue weighted by atomic mass is 19.1. The SMILES string of the molecule is CC(C)(C(=O)NC(CCOC1CC(CCc2ccc3c(n2)CCCC3)C1)C(=O)O)c1ccc(F)cc1. The van der Waals surface area contributed by atoms with Crippen LogP contribution in [0.5, 0.6) is 0 Å². The molecule has 36 heavy (non-hydrogen) atoms. The standard InChI is InChI=1S/C29H37FN2O4/c1-29(2,21-9-11-22(30)12-10-21)28(35)32-26(27(33)34)15-16-36-24-17-19(18-24)7-13-23-14-8-20-5-3-4-6-25(20)31-23/h8-12,14,19,24,26H,3-7,13,15-18H2,1-2H3,(H,32,35)(H,33,34). The predicted octanol–water partition coefficient (Wildman–Crippen LogP) is 4.76. The first-order chi connectivity index (χ1) is 17.2. The second-order valence-corrected chi connectivity index (χ2v) is 10.8. The van der Waals surface area contributed by atoms with Gasteiger partial charge in [-0.15, -0.1) is 0 Å². The number of nitrogens with zero attached hydrogens (tertiary/aromatic N) is 1. The molecule has 1 fully saturated rings. The Hall–Kier alpha value is -2.80. The van der Waals surface area contributed by atoms with Gasteiger partial charge in [0.25, 0.3) is 0 Å². The molecule has 1 unspecified atom stereocenters. The summed E-state index contributed by atoms with van der Waals surface area (Å²) in [6.45, 7) is 3.66. The van der Waals surface area contributed by atoms with Gasteiger partial charge < -0.3 is 15.2 Å². The zero-order valence-electron chi connectivity index (χ0n) is 21.3. The fourth-order valence-electron chi connectivity index (χ4n) is 5.11. The molecular weight excluding hydrogens is 459 g/mol. The molecule has 1 heterocycles. The number of hydrogen-bond donors (Lipinski definition) is 2. The van der Waals surface area contributed by atoms with Gasteiger partial charge in [0.15, 0.2) is 0 Å². The van der Waals surface area contributed by atoms with Crippen molar-refractivity contribution in [3.63, 3.8) is 0 Å². The van der Waals surface area contributed by atoms with E-state index in [9.17, 15) is 19.1 Å². The molecule has 1 atom stereocenters. The lowest BCUT2D eigenvalue weighted by Crippen LogP contribution is -2.49. The number of carboxylic acid groups (broad SMARTS) is 1. The number of aryl methyl sites for hydroxylation is 3. The number of carbonyl (C=O) groups is 2. The molecule has 0 saturated heterocycles. The Balaban J connectivity index is 1.17. The summed E-state index contributed by atoms with van der Waals surface area (Å²) in [5, 5.41) is 12.2. The molecule has 7 heteroatoms. The summed E-state index contributed by atoms with van der Waals surface area (Å²) >= 11 is 0.